The number of thiol groups is 1. The third-order valence-corrected chi connectivity index (χ3v) is 3.61. The largest absolute Gasteiger partial charge is 0.301 e. The molecule has 0 bridgehead atoms. The summed E-state index contributed by atoms with van der Waals surface area (Å²) in [6, 6.07) is 7.01. The van der Waals surface area contributed by atoms with Gasteiger partial charge < -0.3 is 4.90 Å². The van der Waals surface area contributed by atoms with Crippen molar-refractivity contribution in [3.05, 3.63) is 29.8 Å². The first-order valence-corrected chi connectivity index (χ1v) is 7.54. The van der Waals surface area contributed by atoms with Crippen molar-refractivity contribution in [3.8, 4) is 0 Å². The van der Waals surface area contributed by atoms with Gasteiger partial charge in [0.15, 0.2) is 9.84 Å². The average Bonchev–Trinajstić information content (AvgIpc) is 2.17. The Labute approximate surface area is 103 Å². The van der Waals surface area contributed by atoms with Gasteiger partial charge in [0, 0.05) is 25.1 Å². The van der Waals surface area contributed by atoms with E-state index in [0.29, 0.717) is 4.90 Å². The zero-order chi connectivity index (χ0) is 12.2. The van der Waals surface area contributed by atoms with Gasteiger partial charge >= 0.3 is 0 Å². The highest BCUT2D eigenvalue weighted by atomic mass is 32.2. The second kappa shape index (κ2) is 5.70. The predicted molar refractivity (Wildman–Crippen MR) is 69.7 cm³/mol. The molecule has 0 unspecified atom stereocenters. The van der Waals surface area contributed by atoms with Crippen LogP contribution in [0.1, 0.15) is 5.56 Å². The maximum absolute atomic E-state index is 11.2. The fourth-order valence-corrected chi connectivity index (χ4v) is 2.38. The van der Waals surface area contributed by atoms with Gasteiger partial charge in [-0.1, -0.05) is 12.1 Å². The van der Waals surface area contributed by atoms with Crippen LogP contribution in [0.3, 0.4) is 0 Å². The van der Waals surface area contributed by atoms with Crippen LogP contribution in [0, 0.1) is 0 Å². The van der Waals surface area contributed by atoms with E-state index in [0.717, 1.165) is 24.4 Å². The Kier molecular flexibility index (Phi) is 4.83. The van der Waals surface area contributed by atoms with E-state index >= 15 is 0 Å². The molecule has 0 spiro atoms. The van der Waals surface area contributed by atoms with Crippen LogP contribution in [-0.2, 0) is 16.4 Å². The van der Waals surface area contributed by atoms with E-state index in [2.05, 4.69) is 17.5 Å². The van der Waals surface area contributed by atoms with Gasteiger partial charge in [0.05, 0.1) is 4.90 Å². The Hall–Kier alpha value is -0.520. The summed E-state index contributed by atoms with van der Waals surface area (Å²) < 4.78 is 22.5. The first kappa shape index (κ1) is 13.5. The molecule has 0 atom stereocenters. The van der Waals surface area contributed by atoms with Crippen LogP contribution in [-0.4, -0.2) is 38.9 Å². The van der Waals surface area contributed by atoms with E-state index in [1.54, 1.807) is 12.1 Å². The molecule has 0 radical (unpaired) electrons. The first-order chi connectivity index (χ1) is 7.43. The summed E-state index contributed by atoms with van der Waals surface area (Å²) in [5.74, 6) is 0.817. The van der Waals surface area contributed by atoms with Crippen molar-refractivity contribution in [2.75, 3.05) is 25.6 Å². The fourth-order valence-electron chi connectivity index (χ4n) is 1.40. The third kappa shape index (κ3) is 4.15. The van der Waals surface area contributed by atoms with Crippen LogP contribution >= 0.6 is 12.6 Å². The van der Waals surface area contributed by atoms with Crippen LogP contribution in [0.15, 0.2) is 29.2 Å². The summed E-state index contributed by atoms with van der Waals surface area (Å²) in [5, 5.41) is 0. The standard InChI is InChI=1S/C11H17NO2S2/c1-12(7-8-15)9-10-3-5-11(6-4-10)16(2,13)14/h3-6,15H,7-9H2,1-2H3. The van der Waals surface area contributed by atoms with Gasteiger partial charge in [-0.05, 0) is 24.7 Å². The molecule has 0 aromatic heterocycles. The normalized spacial score (nSPS) is 12.0. The van der Waals surface area contributed by atoms with E-state index in [1.807, 2.05) is 19.2 Å². The number of hydrogen-bond acceptors (Lipinski definition) is 4. The maximum atomic E-state index is 11.2. The van der Waals surface area contributed by atoms with Gasteiger partial charge in [-0.2, -0.15) is 12.6 Å². The second-order valence-corrected chi connectivity index (χ2v) is 6.34. The molecule has 3 nitrogen and oxygen atoms in total. The lowest BCUT2D eigenvalue weighted by Crippen LogP contribution is -2.20. The Morgan fingerprint density at radius 1 is 1.25 bits per heavy atom. The number of hydrogen-bond donors (Lipinski definition) is 1. The van der Waals surface area contributed by atoms with Crippen molar-refractivity contribution in [1.82, 2.24) is 4.90 Å². The molecule has 0 aliphatic carbocycles. The maximum Gasteiger partial charge on any atom is 0.175 e. The van der Waals surface area contributed by atoms with Crippen molar-refractivity contribution in [2.24, 2.45) is 0 Å². The highest BCUT2D eigenvalue weighted by Crippen LogP contribution is 2.11. The molecule has 1 rings (SSSR count). The summed E-state index contributed by atoms with van der Waals surface area (Å²) in [5.41, 5.74) is 1.11. The molecule has 0 saturated heterocycles. The van der Waals surface area contributed by atoms with Crippen LogP contribution in [0.4, 0.5) is 0 Å². The van der Waals surface area contributed by atoms with E-state index in [4.69, 9.17) is 0 Å². The smallest absolute Gasteiger partial charge is 0.175 e. The van der Waals surface area contributed by atoms with Crippen LogP contribution in [0.2, 0.25) is 0 Å². The minimum atomic E-state index is -3.08. The van der Waals surface area contributed by atoms with Gasteiger partial charge in [0.2, 0.25) is 0 Å². The van der Waals surface area contributed by atoms with Crippen molar-refractivity contribution >= 4 is 22.5 Å². The first-order valence-electron chi connectivity index (χ1n) is 5.02. The lowest BCUT2D eigenvalue weighted by Gasteiger charge is -2.15. The molecule has 1 aromatic rings. The summed E-state index contributed by atoms with van der Waals surface area (Å²) in [6.45, 7) is 1.72. The lowest BCUT2D eigenvalue weighted by atomic mass is 10.2. The number of sulfone groups is 1. The quantitative estimate of drug-likeness (QED) is 0.813. The van der Waals surface area contributed by atoms with Crippen molar-refractivity contribution in [3.63, 3.8) is 0 Å². The van der Waals surface area contributed by atoms with Gasteiger partial charge in [-0.25, -0.2) is 8.42 Å². The molecule has 0 amide bonds. The Morgan fingerprint density at radius 3 is 2.25 bits per heavy atom. The minimum absolute atomic E-state index is 0.369. The zero-order valence-corrected chi connectivity index (χ0v) is 11.3. The summed E-state index contributed by atoms with van der Waals surface area (Å²) in [7, 11) is -1.07. The molecule has 5 heteroatoms. The molecule has 0 saturated carbocycles. The number of benzene rings is 1. The van der Waals surface area contributed by atoms with E-state index in [9.17, 15) is 8.42 Å². The topological polar surface area (TPSA) is 37.4 Å². The second-order valence-electron chi connectivity index (χ2n) is 3.88. The lowest BCUT2D eigenvalue weighted by molar-refractivity contribution is 0.349. The summed E-state index contributed by atoms with van der Waals surface area (Å²) >= 11 is 4.16. The highest BCUT2D eigenvalue weighted by Gasteiger charge is 2.06. The number of rotatable bonds is 5. The molecular weight excluding hydrogens is 242 g/mol. The minimum Gasteiger partial charge on any atom is -0.301 e. The molecular formula is C11H17NO2S2. The highest BCUT2D eigenvalue weighted by molar-refractivity contribution is 7.90. The molecule has 90 valence electrons. The third-order valence-electron chi connectivity index (χ3n) is 2.29. The monoisotopic (exact) mass is 259 g/mol. The number of nitrogens with zero attached hydrogens (tertiary/aromatic N) is 1. The Balaban J connectivity index is 2.72. The average molecular weight is 259 g/mol. The summed E-state index contributed by atoms with van der Waals surface area (Å²) in [6.07, 6.45) is 1.22. The fraction of sp³-hybridized carbons (Fsp3) is 0.455. The Bertz CT molecular complexity index is 426. The SMILES string of the molecule is CN(CCS)Cc1ccc(S(C)(=O)=O)cc1. The van der Waals surface area contributed by atoms with Gasteiger partial charge in [0.1, 0.15) is 0 Å². The van der Waals surface area contributed by atoms with Gasteiger partial charge in [-0.15, -0.1) is 0 Å². The van der Waals surface area contributed by atoms with E-state index in [1.165, 1.54) is 6.26 Å². The van der Waals surface area contributed by atoms with Crippen molar-refractivity contribution in [1.29, 1.82) is 0 Å². The molecule has 0 aliphatic heterocycles. The molecule has 0 aliphatic rings. The van der Waals surface area contributed by atoms with E-state index < -0.39 is 9.84 Å². The van der Waals surface area contributed by atoms with Crippen LogP contribution in [0.25, 0.3) is 0 Å². The van der Waals surface area contributed by atoms with Crippen molar-refractivity contribution in [2.45, 2.75) is 11.4 Å². The van der Waals surface area contributed by atoms with E-state index in [-0.39, 0.29) is 0 Å². The Morgan fingerprint density at radius 2 is 1.81 bits per heavy atom. The molecule has 16 heavy (non-hydrogen) atoms. The molecule has 0 fully saturated rings. The molecule has 0 N–H and O–H groups in total. The summed E-state index contributed by atoms with van der Waals surface area (Å²) in [4.78, 5) is 2.51. The van der Waals surface area contributed by atoms with Gasteiger partial charge in [-0.3, -0.25) is 0 Å². The molecule has 1 aromatic carbocycles. The van der Waals surface area contributed by atoms with Crippen LogP contribution < -0.4 is 0 Å². The predicted octanol–water partition coefficient (Wildman–Crippen LogP) is 1.45. The van der Waals surface area contributed by atoms with Gasteiger partial charge in [0.25, 0.3) is 0 Å². The molecule has 0 heterocycles. The van der Waals surface area contributed by atoms with Crippen LogP contribution in [0.5, 0.6) is 0 Å². The van der Waals surface area contributed by atoms with Crippen molar-refractivity contribution < 1.29 is 8.42 Å². The zero-order valence-electron chi connectivity index (χ0n) is 9.55.